The molecule has 0 radical (unpaired) electrons. The molecule has 0 N–H and O–H groups in total. The van der Waals surface area contributed by atoms with Crippen molar-refractivity contribution < 1.29 is 18.0 Å². The zero-order valence-electron chi connectivity index (χ0n) is 17.6. The van der Waals surface area contributed by atoms with Crippen LogP contribution in [0.25, 0.3) is 0 Å². The van der Waals surface area contributed by atoms with E-state index in [0.717, 1.165) is 48.4 Å². The molecular weight excluding hydrogens is 437 g/mol. The fourth-order valence-corrected chi connectivity index (χ4v) is 4.71. The maximum absolute atomic E-state index is 13.3. The molecule has 1 amide bonds. The van der Waals surface area contributed by atoms with Crippen LogP contribution in [0.3, 0.4) is 0 Å². The Balaban J connectivity index is 1.60. The van der Waals surface area contributed by atoms with Crippen LogP contribution in [0.5, 0.6) is 0 Å². The molecule has 3 aromatic rings. The number of unbranched alkanes of at least 4 members (excludes halogenated alkanes) is 3. The topological polar surface area (TPSA) is 51.0 Å². The Kier molecular flexibility index (Phi) is 6.55. The summed E-state index contributed by atoms with van der Waals surface area (Å²) in [5, 5.41) is 8.19. The number of para-hydroxylation sites is 1. The summed E-state index contributed by atoms with van der Waals surface area (Å²) in [6.07, 6.45) is 2.46. The molecule has 0 bridgehead atoms. The second-order valence-electron chi connectivity index (χ2n) is 7.70. The number of benzene rings is 2. The number of hydrogen-bond acceptors (Lipinski definition) is 4. The first-order valence-corrected chi connectivity index (χ1v) is 11.4. The van der Waals surface area contributed by atoms with Crippen LogP contribution in [0.15, 0.2) is 58.5 Å². The van der Waals surface area contributed by atoms with Crippen LogP contribution in [0.4, 0.5) is 24.5 Å². The molecule has 0 saturated heterocycles. The Morgan fingerprint density at radius 1 is 1.03 bits per heavy atom. The number of hydrogen-bond donors (Lipinski definition) is 0. The lowest BCUT2D eigenvalue weighted by Crippen LogP contribution is -2.32. The van der Waals surface area contributed by atoms with Gasteiger partial charge in [-0.1, -0.05) is 55.3 Å². The maximum atomic E-state index is 13.3. The molecular formula is C23H23F3N4OS. The van der Waals surface area contributed by atoms with Gasteiger partial charge in [0, 0.05) is 16.0 Å². The van der Waals surface area contributed by atoms with E-state index < -0.39 is 11.7 Å². The van der Waals surface area contributed by atoms with E-state index in [9.17, 15) is 18.0 Å². The number of carbonyl (C=O) groups excluding carboxylic acids is 1. The minimum atomic E-state index is -4.50. The number of alkyl halides is 3. The minimum absolute atomic E-state index is 0.114. The second-order valence-corrected chi connectivity index (χ2v) is 8.78. The summed E-state index contributed by atoms with van der Waals surface area (Å²) < 4.78 is 41.5. The number of aromatic nitrogens is 3. The van der Waals surface area contributed by atoms with Crippen molar-refractivity contribution in [3.05, 3.63) is 59.9 Å². The van der Waals surface area contributed by atoms with Gasteiger partial charge in [-0.25, -0.2) is 4.68 Å². The van der Waals surface area contributed by atoms with Gasteiger partial charge in [0.2, 0.25) is 0 Å². The normalized spacial score (nSPS) is 13.1. The van der Waals surface area contributed by atoms with E-state index in [1.165, 1.54) is 33.8 Å². The Labute approximate surface area is 188 Å². The van der Waals surface area contributed by atoms with Crippen LogP contribution in [-0.2, 0) is 23.9 Å². The van der Waals surface area contributed by atoms with Crippen molar-refractivity contribution in [3.8, 4) is 0 Å². The van der Waals surface area contributed by atoms with E-state index in [-0.39, 0.29) is 18.1 Å². The minimum Gasteiger partial charge on any atom is -0.277 e. The van der Waals surface area contributed by atoms with Crippen LogP contribution < -0.4 is 4.90 Å². The largest absolute Gasteiger partial charge is 0.416 e. The zero-order chi connectivity index (χ0) is 22.7. The van der Waals surface area contributed by atoms with Gasteiger partial charge in [-0.15, -0.1) is 5.10 Å². The van der Waals surface area contributed by atoms with Gasteiger partial charge in [-0.3, -0.25) is 9.69 Å². The van der Waals surface area contributed by atoms with Gasteiger partial charge in [0.1, 0.15) is 6.54 Å². The Hall–Kier alpha value is -2.81. The smallest absolute Gasteiger partial charge is 0.277 e. The number of fused-ring (bicyclic) bond motifs is 2. The lowest BCUT2D eigenvalue weighted by atomic mass is 10.1. The number of nitrogens with zero attached hydrogens (tertiary/aromatic N) is 4. The molecule has 0 fully saturated rings. The average molecular weight is 461 g/mol. The molecule has 32 heavy (non-hydrogen) atoms. The molecule has 0 spiro atoms. The number of aryl methyl sites for hydroxylation is 1. The molecule has 0 aliphatic carbocycles. The van der Waals surface area contributed by atoms with Gasteiger partial charge in [0.05, 0.1) is 22.6 Å². The number of anilines is 2. The Morgan fingerprint density at radius 3 is 2.59 bits per heavy atom. The molecule has 5 nitrogen and oxygen atoms in total. The molecule has 1 aliphatic rings. The number of carbonyl (C=O) groups is 1. The molecule has 2 heterocycles. The Morgan fingerprint density at radius 2 is 1.81 bits per heavy atom. The summed E-state index contributed by atoms with van der Waals surface area (Å²) in [7, 11) is 0. The fraction of sp³-hybridized carbons (Fsp3) is 0.348. The maximum Gasteiger partial charge on any atom is 0.416 e. The highest BCUT2D eigenvalue weighted by Crippen LogP contribution is 2.49. The van der Waals surface area contributed by atoms with Crippen LogP contribution in [0, 0.1) is 0 Å². The lowest BCUT2D eigenvalue weighted by Gasteiger charge is -2.31. The molecule has 4 rings (SSSR count). The van der Waals surface area contributed by atoms with E-state index in [1.807, 2.05) is 12.1 Å². The molecule has 0 unspecified atom stereocenters. The molecule has 168 valence electrons. The van der Waals surface area contributed by atoms with Crippen molar-refractivity contribution in [1.82, 2.24) is 15.0 Å². The summed E-state index contributed by atoms with van der Waals surface area (Å²) in [4.78, 5) is 16.1. The fourth-order valence-electron chi connectivity index (χ4n) is 3.67. The van der Waals surface area contributed by atoms with Crippen LogP contribution in [0.2, 0.25) is 0 Å². The van der Waals surface area contributed by atoms with Crippen molar-refractivity contribution in [2.24, 2.45) is 0 Å². The van der Waals surface area contributed by atoms with Gasteiger partial charge in [-0.05, 0) is 43.2 Å². The summed E-state index contributed by atoms with van der Waals surface area (Å²) in [6, 6.07) is 10.7. The standard InChI is InChI=1S/C23H23F3N4OS/c1-2-3-4-5-8-17-14-29(28-27-17)15-22(31)30-18-9-6-7-10-20(18)32-21-12-11-16(13-19(21)30)23(24,25)26/h6-7,9-14H,2-5,8,15H2,1H3. The first-order valence-electron chi connectivity index (χ1n) is 10.6. The highest BCUT2D eigenvalue weighted by molar-refractivity contribution is 7.99. The van der Waals surface area contributed by atoms with Crippen molar-refractivity contribution >= 4 is 29.0 Å². The van der Waals surface area contributed by atoms with Crippen molar-refractivity contribution in [1.29, 1.82) is 0 Å². The van der Waals surface area contributed by atoms with E-state index in [1.54, 1.807) is 18.3 Å². The van der Waals surface area contributed by atoms with Crippen molar-refractivity contribution in [3.63, 3.8) is 0 Å². The molecule has 0 atom stereocenters. The van der Waals surface area contributed by atoms with E-state index in [2.05, 4.69) is 17.2 Å². The third-order valence-corrected chi connectivity index (χ3v) is 6.40. The highest BCUT2D eigenvalue weighted by Gasteiger charge is 2.35. The number of rotatable bonds is 7. The summed E-state index contributed by atoms with van der Waals surface area (Å²) in [6.45, 7) is 2.03. The highest BCUT2D eigenvalue weighted by atomic mass is 32.2. The van der Waals surface area contributed by atoms with E-state index in [4.69, 9.17) is 0 Å². The SMILES string of the molecule is CCCCCCc1cn(CC(=O)N2c3ccccc3Sc3ccc(C(F)(F)F)cc32)nn1. The van der Waals surface area contributed by atoms with Gasteiger partial charge >= 0.3 is 6.18 Å². The third-order valence-electron chi connectivity index (χ3n) is 5.27. The molecule has 1 aliphatic heterocycles. The number of halogens is 3. The van der Waals surface area contributed by atoms with Gasteiger partial charge in [0.25, 0.3) is 5.91 Å². The second kappa shape index (κ2) is 9.36. The zero-order valence-corrected chi connectivity index (χ0v) is 18.4. The van der Waals surface area contributed by atoms with E-state index in [0.29, 0.717) is 10.6 Å². The molecule has 1 aromatic heterocycles. The first-order chi connectivity index (χ1) is 15.4. The monoisotopic (exact) mass is 460 g/mol. The third kappa shape index (κ3) is 4.82. The molecule has 0 saturated carbocycles. The lowest BCUT2D eigenvalue weighted by molar-refractivity contribution is -0.137. The predicted octanol–water partition coefficient (Wildman–Crippen LogP) is 6.25. The Bertz CT molecular complexity index is 1110. The van der Waals surface area contributed by atoms with Crippen LogP contribution in [-0.4, -0.2) is 20.9 Å². The van der Waals surface area contributed by atoms with Crippen molar-refractivity contribution in [2.45, 2.75) is 61.5 Å². The predicted molar refractivity (Wildman–Crippen MR) is 117 cm³/mol. The quantitative estimate of drug-likeness (QED) is 0.391. The van der Waals surface area contributed by atoms with Crippen LogP contribution >= 0.6 is 11.8 Å². The molecule has 2 aromatic carbocycles. The van der Waals surface area contributed by atoms with Gasteiger partial charge in [-0.2, -0.15) is 13.2 Å². The summed E-state index contributed by atoms with van der Waals surface area (Å²) >= 11 is 1.35. The first kappa shape index (κ1) is 22.4. The summed E-state index contributed by atoms with van der Waals surface area (Å²) in [5.74, 6) is -0.374. The van der Waals surface area contributed by atoms with Crippen LogP contribution in [0.1, 0.15) is 43.9 Å². The van der Waals surface area contributed by atoms with Gasteiger partial charge < -0.3 is 0 Å². The average Bonchev–Trinajstić information content (AvgIpc) is 3.21. The summed E-state index contributed by atoms with van der Waals surface area (Å²) in [5.41, 5.74) is 0.815. The van der Waals surface area contributed by atoms with E-state index >= 15 is 0 Å². The van der Waals surface area contributed by atoms with Gasteiger partial charge in [0.15, 0.2) is 0 Å². The van der Waals surface area contributed by atoms with Crippen molar-refractivity contribution in [2.75, 3.05) is 4.90 Å². The molecule has 9 heteroatoms. The number of amides is 1.